The van der Waals surface area contributed by atoms with E-state index in [0.717, 1.165) is 0 Å². The van der Waals surface area contributed by atoms with E-state index in [1.807, 2.05) is 6.92 Å². The van der Waals surface area contributed by atoms with E-state index >= 15 is 0 Å². The second-order valence-corrected chi connectivity index (χ2v) is 5.52. The Hall–Kier alpha value is -1.71. The number of nitrogen functional groups attached to an aromatic ring is 1. The van der Waals surface area contributed by atoms with Gasteiger partial charge in [0.2, 0.25) is 0 Å². The van der Waals surface area contributed by atoms with Gasteiger partial charge in [0, 0.05) is 17.8 Å². The minimum absolute atomic E-state index is 0.0106. The lowest BCUT2D eigenvalue weighted by Crippen LogP contribution is -2.41. The highest BCUT2D eigenvalue weighted by atomic mass is 16.5. The first kappa shape index (κ1) is 14.4. The molecule has 0 saturated carbocycles. The Morgan fingerprint density at radius 2 is 2.00 bits per heavy atom. The van der Waals surface area contributed by atoms with Crippen LogP contribution in [0.2, 0.25) is 0 Å². The third-order valence-electron chi connectivity index (χ3n) is 3.12. The van der Waals surface area contributed by atoms with Crippen LogP contribution in [0.4, 0.5) is 5.69 Å². The molecular formula is C14H22N2O2. The zero-order valence-electron chi connectivity index (χ0n) is 11.7. The van der Waals surface area contributed by atoms with Crippen molar-refractivity contribution in [2.24, 2.45) is 5.41 Å². The number of carbonyl (C=O) groups excluding carboxylic acids is 1. The molecule has 0 spiro atoms. The Kier molecular flexibility index (Phi) is 4.22. The van der Waals surface area contributed by atoms with Crippen molar-refractivity contribution in [3.8, 4) is 5.75 Å². The highest BCUT2D eigenvalue weighted by Crippen LogP contribution is 2.23. The van der Waals surface area contributed by atoms with Crippen molar-refractivity contribution in [2.75, 3.05) is 12.8 Å². The fourth-order valence-electron chi connectivity index (χ4n) is 1.39. The van der Waals surface area contributed by atoms with Crippen LogP contribution in [0.3, 0.4) is 0 Å². The lowest BCUT2D eigenvalue weighted by atomic mass is 9.88. The lowest BCUT2D eigenvalue weighted by molar-refractivity contribution is 0.0907. The highest BCUT2D eigenvalue weighted by molar-refractivity contribution is 5.97. The maximum absolute atomic E-state index is 12.2. The van der Waals surface area contributed by atoms with Gasteiger partial charge in [-0.2, -0.15) is 0 Å². The van der Waals surface area contributed by atoms with Crippen molar-refractivity contribution in [2.45, 2.75) is 33.7 Å². The van der Waals surface area contributed by atoms with Gasteiger partial charge in [0.05, 0.1) is 12.7 Å². The number of nitrogens with one attached hydrogen (secondary N) is 1. The smallest absolute Gasteiger partial charge is 0.255 e. The minimum Gasteiger partial charge on any atom is -0.496 e. The number of hydrogen-bond donors (Lipinski definition) is 2. The summed E-state index contributed by atoms with van der Waals surface area (Å²) in [7, 11) is 1.53. The molecule has 3 N–H and O–H groups in total. The van der Waals surface area contributed by atoms with Crippen molar-refractivity contribution < 1.29 is 9.53 Å². The summed E-state index contributed by atoms with van der Waals surface area (Å²) in [6, 6.07) is 5.08. The molecule has 0 aliphatic rings. The molecule has 0 fully saturated rings. The number of carbonyl (C=O) groups is 1. The van der Waals surface area contributed by atoms with E-state index in [4.69, 9.17) is 10.5 Å². The van der Waals surface area contributed by atoms with E-state index in [0.29, 0.717) is 17.0 Å². The van der Waals surface area contributed by atoms with Gasteiger partial charge in [-0.15, -0.1) is 0 Å². The molecular weight excluding hydrogens is 228 g/mol. The summed E-state index contributed by atoms with van der Waals surface area (Å²) in [5.74, 6) is 0.350. The van der Waals surface area contributed by atoms with Crippen LogP contribution >= 0.6 is 0 Å². The molecule has 4 heteroatoms. The molecule has 1 atom stereocenters. The van der Waals surface area contributed by atoms with Crippen LogP contribution in [0.1, 0.15) is 38.1 Å². The SMILES string of the molecule is COc1cc(N)ccc1C(=O)NC(C)C(C)(C)C. The Morgan fingerprint density at radius 1 is 1.39 bits per heavy atom. The van der Waals surface area contributed by atoms with Crippen LogP contribution in [-0.4, -0.2) is 19.1 Å². The van der Waals surface area contributed by atoms with E-state index in [1.54, 1.807) is 18.2 Å². The van der Waals surface area contributed by atoms with Gasteiger partial charge in [0.1, 0.15) is 5.75 Å². The van der Waals surface area contributed by atoms with E-state index in [-0.39, 0.29) is 17.4 Å². The molecule has 18 heavy (non-hydrogen) atoms. The number of amides is 1. The number of nitrogens with two attached hydrogens (primary N) is 1. The second kappa shape index (κ2) is 5.29. The van der Waals surface area contributed by atoms with Crippen LogP contribution < -0.4 is 15.8 Å². The standard InChI is InChI=1S/C14H22N2O2/c1-9(14(2,3)4)16-13(17)11-7-6-10(15)8-12(11)18-5/h6-9H,15H2,1-5H3,(H,16,17). The molecule has 0 aliphatic carbocycles. The average Bonchev–Trinajstić information content (AvgIpc) is 2.27. The van der Waals surface area contributed by atoms with Crippen LogP contribution in [-0.2, 0) is 0 Å². The summed E-state index contributed by atoms with van der Waals surface area (Å²) in [6.07, 6.45) is 0. The van der Waals surface area contributed by atoms with Gasteiger partial charge in [0.15, 0.2) is 0 Å². The number of benzene rings is 1. The number of methoxy groups -OCH3 is 1. The summed E-state index contributed by atoms with van der Waals surface area (Å²) >= 11 is 0. The van der Waals surface area contributed by atoms with Crippen molar-refractivity contribution in [3.05, 3.63) is 23.8 Å². The molecule has 0 heterocycles. The topological polar surface area (TPSA) is 64.3 Å². The fourth-order valence-corrected chi connectivity index (χ4v) is 1.39. The lowest BCUT2D eigenvalue weighted by Gasteiger charge is -2.28. The molecule has 0 aliphatic heterocycles. The predicted molar refractivity (Wildman–Crippen MR) is 73.8 cm³/mol. The van der Waals surface area contributed by atoms with Crippen LogP contribution in [0.5, 0.6) is 5.75 Å². The monoisotopic (exact) mass is 250 g/mol. The van der Waals surface area contributed by atoms with Gasteiger partial charge in [-0.05, 0) is 24.5 Å². The number of rotatable bonds is 3. The van der Waals surface area contributed by atoms with Crippen LogP contribution in [0, 0.1) is 5.41 Å². The number of ether oxygens (including phenoxy) is 1. The summed E-state index contributed by atoms with van der Waals surface area (Å²) < 4.78 is 5.17. The molecule has 0 radical (unpaired) electrons. The van der Waals surface area contributed by atoms with E-state index in [9.17, 15) is 4.79 Å². The van der Waals surface area contributed by atoms with Crippen molar-refractivity contribution in [1.29, 1.82) is 0 Å². The summed E-state index contributed by atoms with van der Waals surface area (Å²) in [5, 5.41) is 2.97. The first-order chi connectivity index (χ1) is 8.25. The van der Waals surface area contributed by atoms with Gasteiger partial charge >= 0.3 is 0 Å². The van der Waals surface area contributed by atoms with Crippen molar-refractivity contribution >= 4 is 11.6 Å². The fraction of sp³-hybridized carbons (Fsp3) is 0.500. The molecule has 0 bridgehead atoms. The third kappa shape index (κ3) is 3.39. The van der Waals surface area contributed by atoms with Gasteiger partial charge in [0.25, 0.3) is 5.91 Å². The first-order valence-electron chi connectivity index (χ1n) is 6.00. The van der Waals surface area contributed by atoms with Crippen molar-refractivity contribution in [1.82, 2.24) is 5.32 Å². The Balaban J connectivity index is 2.91. The molecule has 1 aromatic rings. The van der Waals surface area contributed by atoms with E-state index in [2.05, 4.69) is 26.1 Å². The zero-order valence-corrected chi connectivity index (χ0v) is 11.7. The van der Waals surface area contributed by atoms with Gasteiger partial charge in [-0.25, -0.2) is 0 Å². The van der Waals surface area contributed by atoms with Crippen LogP contribution in [0.15, 0.2) is 18.2 Å². The molecule has 1 aromatic carbocycles. The maximum Gasteiger partial charge on any atom is 0.255 e. The first-order valence-corrected chi connectivity index (χ1v) is 6.00. The summed E-state index contributed by atoms with van der Waals surface area (Å²) in [4.78, 5) is 12.2. The summed E-state index contributed by atoms with van der Waals surface area (Å²) in [5.41, 5.74) is 6.75. The minimum atomic E-state index is -0.144. The van der Waals surface area contributed by atoms with Crippen LogP contribution in [0.25, 0.3) is 0 Å². The third-order valence-corrected chi connectivity index (χ3v) is 3.12. The van der Waals surface area contributed by atoms with Gasteiger partial charge < -0.3 is 15.8 Å². The zero-order chi connectivity index (χ0) is 13.9. The quantitative estimate of drug-likeness (QED) is 0.810. The molecule has 1 rings (SSSR count). The largest absolute Gasteiger partial charge is 0.496 e. The number of anilines is 1. The molecule has 0 saturated heterocycles. The summed E-state index contributed by atoms with van der Waals surface area (Å²) in [6.45, 7) is 8.23. The van der Waals surface area contributed by atoms with E-state index < -0.39 is 0 Å². The normalized spacial score (nSPS) is 12.9. The maximum atomic E-state index is 12.2. The molecule has 4 nitrogen and oxygen atoms in total. The average molecular weight is 250 g/mol. The van der Waals surface area contributed by atoms with E-state index in [1.165, 1.54) is 7.11 Å². The Labute approximate surface area is 109 Å². The molecule has 0 aromatic heterocycles. The highest BCUT2D eigenvalue weighted by Gasteiger charge is 2.23. The van der Waals surface area contributed by atoms with Gasteiger partial charge in [-0.3, -0.25) is 4.79 Å². The Bertz CT molecular complexity index is 436. The predicted octanol–water partition coefficient (Wildman–Crippen LogP) is 2.44. The van der Waals surface area contributed by atoms with Gasteiger partial charge in [-0.1, -0.05) is 20.8 Å². The molecule has 1 unspecified atom stereocenters. The molecule has 1 amide bonds. The molecule has 100 valence electrons. The second-order valence-electron chi connectivity index (χ2n) is 5.52. The number of hydrogen-bond acceptors (Lipinski definition) is 3. The Morgan fingerprint density at radius 3 is 2.50 bits per heavy atom. The van der Waals surface area contributed by atoms with Crippen molar-refractivity contribution in [3.63, 3.8) is 0 Å².